The van der Waals surface area contributed by atoms with Crippen molar-refractivity contribution < 1.29 is 32.2 Å². The Bertz CT molecular complexity index is 443. The van der Waals surface area contributed by atoms with Crippen LogP contribution in [0.2, 0.25) is 0 Å². The van der Waals surface area contributed by atoms with Crippen LogP contribution in [0.25, 0.3) is 0 Å². The molecule has 1 aromatic rings. The quantitative estimate of drug-likeness (QED) is 0.750. The highest BCUT2D eigenvalue weighted by Gasteiger charge is 2.28. The molecule has 0 N–H and O–H groups in total. The van der Waals surface area contributed by atoms with Crippen LogP contribution in [-0.4, -0.2) is 39.4 Å². The number of ether oxygens (including phenoxy) is 3. The fourth-order valence-electron chi connectivity index (χ4n) is 1.37. The van der Waals surface area contributed by atoms with Crippen LogP contribution in [0.15, 0.2) is 18.2 Å². The van der Waals surface area contributed by atoms with Gasteiger partial charge in [0.2, 0.25) is 0 Å². The van der Waals surface area contributed by atoms with Crippen LogP contribution in [0.4, 0.5) is 13.2 Å². The van der Waals surface area contributed by atoms with E-state index in [4.69, 9.17) is 9.47 Å². The molecule has 0 aliphatic carbocycles. The van der Waals surface area contributed by atoms with Crippen LogP contribution in [0, 0.1) is 0 Å². The Labute approximate surface area is 108 Å². The van der Waals surface area contributed by atoms with Crippen molar-refractivity contribution in [2.45, 2.75) is 6.18 Å². The van der Waals surface area contributed by atoms with Gasteiger partial charge in [0.25, 0.3) is 0 Å². The summed E-state index contributed by atoms with van der Waals surface area (Å²) in [5, 5.41) is 0. The smallest absolute Gasteiger partial charge is 0.411 e. The van der Waals surface area contributed by atoms with Crippen LogP contribution in [0.3, 0.4) is 0 Å². The van der Waals surface area contributed by atoms with E-state index in [0.29, 0.717) is 5.75 Å². The Morgan fingerprint density at radius 2 is 1.89 bits per heavy atom. The van der Waals surface area contributed by atoms with Gasteiger partial charge >= 0.3 is 6.18 Å². The van der Waals surface area contributed by atoms with Crippen molar-refractivity contribution in [3.8, 4) is 11.5 Å². The van der Waals surface area contributed by atoms with Crippen LogP contribution < -0.4 is 9.47 Å². The number of benzene rings is 1. The van der Waals surface area contributed by atoms with Crippen molar-refractivity contribution in [2.24, 2.45) is 0 Å². The molecule has 0 radical (unpaired) electrons. The Morgan fingerprint density at radius 3 is 2.42 bits per heavy atom. The fraction of sp³-hybridized carbons (Fsp3) is 0.417. The monoisotopic (exact) mass is 278 g/mol. The van der Waals surface area contributed by atoms with E-state index in [1.165, 1.54) is 26.4 Å². The van der Waals surface area contributed by atoms with Gasteiger partial charge in [-0.1, -0.05) is 0 Å². The number of hydrogen-bond acceptors (Lipinski definition) is 4. The molecular formula is C12H13F3O4. The van der Waals surface area contributed by atoms with E-state index >= 15 is 0 Å². The zero-order chi connectivity index (χ0) is 14.5. The van der Waals surface area contributed by atoms with Crippen molar-refractivity contribution in [3.05, 3.63) is 23.8 Å². The zero-order valence-electron chi connectivity index (χ0n) is 10.4. The van der Waals surface area contributed by atoms with Crippen molar-refractivity contribution in [3.63, 3.8) is 0 Å². The molecule has 1 rings (SSSR count). The van der Waals surface area contributed by atoms with E-state index in [1.807, 2.05) is 0 Å². The molecule has 1 aromatic carbocycles. The highest BCUT2D eigenvalue weighted by molar-refractivity contribution is 6.00. The third-order valence-corrected chi connectivity index (χ3v) is 2.21. The van der Waals surface area contributed by atoms with Crippen LogP contribution in [0.5, 0.6) is 11.5 Å². The third-order valence-electron chi connectivity index (χ3n) is 2.21. The summed E-state index contributed by atoms with van der Waals surface area (Å²) in [5.41, 5.74) is 0.115. The maximum atomic E-state index is 11.9. The minimum Gasteiger partial charge on any atom is -0.497 e. The number of rotatable bonds is 6. The van der Waals surface area contributed by atoms with Crippen molar-refractivity contribution in [2.75, 3.05) is 27.4 Å². The number of carbonyl (C=O) groups is 1. The Balaban J connectivity index is 2.75. The van der Waals surface area contributed by atoms with E-state index in [1.54, 1.807) is 6.07 Å². The van der Waals surface area contributed by atoms with Crippen LogP contribution >= 0.6 is 0 Å². The minimum absolute atomic E-state index is 0.115. The first-order valence-electron chi connectivity index (χ1n) is 5.27. The topological polar surface area (TPSA) is 44.8 Å². The number of hydrogen-bond donors (Lipinski definition) is 0. The summed E-state index contributed by atoms with van der Waals surface area (Å²) in [5.74, 6) is 0.0429. The Hall–Kier alpha value is -1.76. The molecule has 0 unspecified atom stereocenters. The summed E-state index contributed by atoms with van der Waals surface area (Å²) in [6.07, 6.45) is -4.46. The van der Waals surface area contributed by atoms with Crippen molar-refractivity contribution in [1.82, 2.24) is 0 Å². The number of halogens is 3. The molecule has 0 spiro atoms. The van der Waals surface area contributed by atoms with Gasteiger partial charge in [0.15, 0.2) is 5.78 Å². The number of alkyl halides is 3. The van der Waals surface area contributed by atoms with Gasteiger partial charge in [0.05, 0.1) is 19.8 Å². The summed E-state index contributed by atoms with van der Waals surface area (Å²) in [7, 11) is 2.77. The summed E-state index contributed by atoms with van der Waals surface area (Å²) < 4.78 is 49.9. The highest BCUT2D eigenvalue weighted by atomic mass is 19.4. The lowest BCUT2D eigenvalue weighted by molar-refractivity contribution is -0.170. The van der Waals surface area contributed by atoms with Gasteiger partial charge in [0, 0.05) is 0 Å². The van der Waals surface area contributed by atoms with E-state index in [-0.39, 0.29) is 11.3 Å². The molecule has 106 valence electrons. The lowest BCUT2D eigenvalue weighted by atomic mass is 10.1. The molecule has 0 aliphatic rings. The minimum atomic E-state index is -4.46. The molecule has 0 heterocycles. The molecule has 19 heavy (non-hydrogen) atoms. The highest BCUT2D eigenvalue weighted by Crippen LogP contribution is 2.24. The lowest BCUT2D eigenvalue weighted by Gasteiger charge is -2.10. The zero-order valence-corrected chi connectivity index (χ0v) is 10.4. The summed E-state index contributed by atoms with van der Waals surface area (Å²) in [4.78, 5) is 11.8. The molecule has 4 nitrogen and oxygen atoms in total. The largest absolute Gasteiger partial charge is 0.497 e. The third kappa shape index (κ3) is 4.78. The molecule has 0 bridgehead atoms. The van der Waals surface area contributed by atoms with Gasteiger partial charge in [-0.2, -0.15) is 13.2 Å². The van der Waals surface area contributed by atoms with Gasteiger partial charge in [0.1, 0.15) is 24.7 Å². The standard InChI is InChI=1S/C12H13F3O4/c1-17-8-3-4-11(18-2)9(5-8)10(16)6-19-7-12(13,14)15/h3-5H,6-7H2,1-2H3. The van der Waals surface area contributed by atoms with Crippen LogP contribution in [-0.2, 0) is 4.74 Å². The summed E-state index contributed by atoms with van der Waals surface area (Å²) >= 11 is 0. The van der Waals surface area contributed by atoms with Gasteiger partial charge < -0.3 is 14.2 Å². The number of carbonyl (C=O) groups excluding carboxylic acids is 1. The average molecular weight is 278 g/mol. The van der Waals surface area contributed by atoms with Gasteiger partial charge in [-0.15, -0.1) is 0 Å². The number of ketones is 1. The molecule has 0 fully saturated rings. The first-order chi connectivity index (χ1) is 8.87. The van der Waals surface area contributed by atoms with Gasteiger partial charge in [-0.25, -0.2) is 0 Å². The van der Waals surface area contributed by atoms with E-state index < -0.39 is 25.2 Å². The van der Waals surface area contributed by atoms with Crippen molar-refractivity contribution in [1.29, 1.82) is 0 Å². The first-order valence-corrected chi connectivity index (χ1v) is 5.27. The molecule has 0 amide bonds. The molecule has 0 atom stereocenters. The number of Topliss-reactive ketones (excluding diaryl/α,β-unsaturated/α-hetero) is 1. The Kier molecular flexibility index (Phi) is 5.17. The van der Waals surface area contributed by atoms with Gasteiger partial charge in [-0.3, -0.25) is 4.79 Å². The van der Waals surface area contributed by atoms with Crippen molar-refractivity contribution >= 4 is 5.78 Å². The molecule has 0 aromatic heterocycles. The fourth-order valence-corrected chi connectivity index (χ4v) is 1.37. The summed E-state index contributed by atoms with van der Waals surface area (Å²) in [6.45, 7) is -2.14. The SMILES string of the molecule is COc1ccc(OC)c(C(=O)COCC(F)(F)F)c1. The second-order valence-corrected chi connectivity index (χ2v) is 3.60. The predicted molar refractivity (Wildman–Crippen MR) is 60.8 cm³/mol. The van der Waals surface area contributed by atoms with E-state index in [9.17, 15) is 18.0 Å². The normalized spacial score (nSPS) is 11.2. The molecular weight excluding hydrogens is 265 g/mol. The van der Waals surface area contributed by atoms with E-state index in [0.717, 1.165) is 0 Å². The van der Waals surface area contributed by atoms with Gasteiger partial charge in [-0.05, 0) is 18.2 Å². The second kappa shape index (κ2) is 6.42. The predicted octanol–water partition coefficient (Wildman–Crippen LogP) is 2.47. The summed E-state index contributed by atoms with van der Waals surface area (Å²) in [6, 6.07) is 4.46. The first kappa shape index (κ1) is 15.3. The number of methoxy groups -OCH3 is 2. The molecule has 0 aliphatic heterocycles. The average Bonchev–Trinajstić information content (AvgIpc) is 2.36. The Morgan fingerprint density at radius 1 is 1.21 bits per heavy atom. The maximum absolute atomic E-state index is 11.9. The maximum Gasteiger partial charge on any atom is 0.411 e. The molecule has 0 saturated heterocycles. The second-order valence-electron chi connectivity index (χ2n) is 3.60. The lowest BCUT2D eigenvalue weighted by Crippen LogP contribution is -2.20. The molecule has 0 saturated carbocycles. The van der Waals surface area contributed by atoms with Crippen LogP contribution in [0.1, 0.15) is 10.4 Å². The molecule has 7 heteroatoms. The van der Waals surface area contributed by atoms with E-state index in [2.05, 4.69) is 4.74 Å².